The Morgan fingerprint density at radius 1 is 1.07 bits per heavy atom. The second-order valence-electron chi connectivity index (χ2n) is 2.67. The Hall–Kier alpha value is -1.91. The van der Waals surface area contributed by atoms with Crippen molar-refractivity contribution in [2.75, 3.05) is 21.3 Å². The minimum atomic E-state index is -0.579. The number of carbonyl (C=O) groups excluding carboxylic acids is 1. The molecular formula is C10H11O5. The van der Waals surface area contributed by atoms with Gasteiger partial charge in [-0.2, -0.15) is 0 Å². The molecule has 0 N–H and O–H groups in total. The van der Waals surface area contributed by atoms with E-state index in [1.807, 2.05) is 0 Å². The van der Waals surface area contributed by atoms with Gasteiger partial charge in [0.05, 0.1) is 21.3 Å². The van der Waals surface area contributed by atoms with Crippen LogP contribution in [-0.4, -0.2) is 27.3 Å². The van der Waals surface area contributed by atoms with E-state index in [1.165, 1.54) is 33.5 Å². The fourth-order valence-electron chi connectivity index (χ4n) is 1.21. The van der Waals surface area contributed by atoms with Crippen molar-refractivity contribution in [3.63, 3.8) is 0 Å². The summed E-state index contributed by atoms with van der Waals surface area (Å²) in [6.45, 7) is 0. The van der Waals surface area contributed by atoms with E-state index in [2.05, 4.69) is 4.74 Å². The molecule has 0 spiro atoms. The molecule has 0 atom stereocenters. The molecular weight excluding hydrogens is 200 g/mol. The van der Waals surface area contributed by atoms with Gasteiger partial charge in [0.15, 0.2) is 5.75 Å². The molecule has 0 aliphatic carbocycles. The van der Waals surface area contributed by atoms with Crippen LogP contribution in [0, 0.1) is 0 Å². The number of benzene rings is 1. The summed E-state index contributed by atoms with van der Waals surface area (Å²) < 4.78 is 14.3. The average Bonchev–Trinajstić information content (AvgIpc) is 2.27. The molecule has 5 nitrogen and oxygen atoms in total. The number of esters is 1. The molecule has 5 heteroatoms. The van der Waals surface area contributed by atoms with Gasteiger partial charge in [-0.15, -0.1) is 0 Å². The molecule has 1 aromatic rings. The summed E-state index contributed by atoms with van der Waals surface area (Å²) in [6, 6.07) is 2.57. The summed E-state index contributed by atoms with van der Waals surface area (Å²) >= 11 is 0. The Morgan fingerprint density at radius 2 is 1.67 bits per heavy atom. The monoisotopic (exact) mass is 211 g/mol. The minimum absolute atomic E-state index is 0.000370. The lowest BCUT2D eigenvalue weighted by Crippen LogP contribution is -2.05. The maximum absolute atomic E-state index is 11.3. The van der Waals surface area contributed by atoms with E-state index < -0.39 is 5.97 Å². The van der Waals surface area contributed by atoms with Crippen molar-refractivity contribution >= 4 is 5.97 Å². The third-order valence-corrected chi connectivity index (χ3v) is 1.89. The second-order valence-corrected chi connectivity index (χ2v) is 2.67. The molecule has 0 heterocycles. The molecule has 0 aliphatic heterocycles. The first-order valence-corrected chi connectivity index (χ1v) is 4.16. The minimum Gasteiger partial charge on any atom is -0.492 e. The maximum atomic E-state index is 11.3. The predicted octanol–water partition coefficient (Wildman–Crippen LogP) is 1.63. The quantitative estimate of drug-likeness (QED) is 0.713. The first kappa shape index (κ1) is 11.2. The van der Waals surface area contributed by atoms with Crippen molar-refractivity contribution in [2.24, 2.45) is 0 Å². The number of rotatable bonds is 3. The molecule has 0 unspecified atom stereocenters. The van der Waals surface area contributed by atoms with Crippen molar-refractivity contribution in [1.29, 1.82) is 0 Å². The van der Waals surface area contributed by atoms with Crippen LogP contribution in [0.3, 0.4) is 0 Å². The third kappa shape index (κ3) is 1.96. The fourth-order valence-corrected chi connectivity index (χ4v) is 1.21. The molecule has 0 saturated carbocycles. The van der Waals surface area contributed by atoms with Crippen LogP contribution in [0.25, 0.3) is 0 Å². The van der Waals surface area contributed by atoms with Crippen LogP contribution in [0.4, 0.5) is 0 Å². The fraction of sp³-hybridized carbons (Fsp3) is 0.300. The predicted molar refractivity (Wildman–Crippen MR) is 51.0 cm³/mol. The third-order valence-electron chi connectivity index (χ3n) is 1.89. The Balaban J connectivity index is 3.35. The number of ether oxygens (including phenoxy) is 3. The van der Waals surface area contributed by atoms with E-state index in [0.717, 1.165) is 0 Å². The lowest BCUT2D eigenvalue weighted by molar-refractivity contribution is 0.0596. The van der Waals surface area contributed by atoms with E-state index >= 15 is 0 Å². The Morgan fingerprint density at radius 3 is 2.13 bits per heavy atom. The van der Waals surface area contributed by atoms with E-state index in [-0.39, 0.29) is 22.8 Å². The zero-order chi connectivity index (χ0) is 11.4. The van der Waals surface area contributed by atoms with Gasteiger partial charge in [-0.3, -0.25) is 5.11 Å². The molecule has 1 aromatic carbocycles. The highest BCUT2D eigenvalue weighted by Crippen LogP contribution is 2.39. The van der Waals surface area contributed by atoms with E-state index in [4.69, 9.17) is 9.47 Å². The standard InChI is InChI=1S/C10H11O5/c1-13-8-6(10(12)15-3)4-5-7(11)9(8)14-2/h4-5H,1-3H3. The van der Waals surface area contributed by atoms with Crippen molar-refractivity contribution in [2.45, 2.75) is 0 Å². The van der Waals surface area contributed by atoms with Gasteiger partial charge < -0.3 is 14.2 Å². The summed E-state index contributed by atoms with van der Waals surface area (Å²) in [4.78, 5) is 11.3. The lowest BCUT2D eigenvalue weighted by Gasteiger charge is -2.11. The van der Waals surface area contributed by atoms with Crippen LogP contribution >= 0.6 is 0 Å². The number of carbonyl (C=O) groups is 1. The van der Waals surface area contributed by atoms with Gasteiger partial charge in [0.25, 0.3) is 0 Å². The SMILES string of the molecule is COC(=O)c1ccc([O])c(OC)c1OC. The van der Waals surface area contributed by atoms with Crippen LogP contribution in [0.1, 0.15) is 10.4 Å². The summed E-state index contributed by atoms with van der Waals surface area (Å²) in [7, 11) is 3.93. The van der Waals surface area contributed by atoms with Gasteiger partial charge in [0.1, 0.15) is 5.56 Å². The molecule has 0 aromatic heterocycles. The first-order valence-electron chi connectivity index (χ1n) is 4.16. The van der Waals surface area contributed by atoms with Crippen LogP contribution in [-0.2, 0) is 9.84 Å². The summed E-state index contributed by atoms with van der Waals surface area (Å²) in [5.74, 6) is -0.829. The highest BCUT2D eigenvalue weighted by atomic mass is 16.5. The van der Waals surface area contributed by atoms with Gasteiger partial charge >= 0.3 is 5.97 Å². The molecule has 0 fully saturated rings. The molecule has 0 amide bonds. The second kappa shape index (κ2) is 4.54. The zero-order valence-corrected chi connectivity index (χ0v) is 8.70. The van der Waals surface area contributed by atoms with Gasteiger partial charge in [-0.05, 0) is 12.1 Å². The van der Waals surface area contributed by atoms with Gasteiger partial charge in [-0.1, -0.05) is 0 Å². The van der Waals surface area contributed by atoms with Crippen LogP contribution < -0.4 is 9.47 Å². The summed E-state index contributed by atoms with van der Waals surface area (Å²) in [5.41, 5.74) is 0.163. The Kier molecular flexibility index (Phi) is 3.38. The van der Waals surface area contributed by atoms with Crippen molar-refractivity contribution < 1.29 is 24.1 Å². The highest BCUT2D eigenvalue weighted by molar-refractivity contribution is 5.94. The molecule has 81 valence electrons. The number of hydrogen-bond donors (Lipinski definition) is 0. The lowest BCUT2D eigenvalue weighted by atomic mass is 10.1. The number of methoxy groups -OCH3 is 3. The molecule has 1 radical (unpaired) electrons. The van der Waals surface area contributed by atoms with E-state index in [0.29, 0.717) is 0 Å². The summed E-state index contributed by atoms with van der Waals surface area (Å²) in [6.07, 6.45) is 0. The zero-order valence-electron chi connectivity index (χ0n) is 8.70. The van der Waals surface area contributed by atoms with Crippen LogP contribution in [0.5, 0.6) is 17.2 Å². The van der Waals surface area contributed by atoms with Crippen LogP contribution in [0.15, 0.2) is 12.1 Å². The Labute approximate surface area is 87.2 Å². The topological polar surface area (TPSA) is 64.7 Å². The maximum Gasteiger partial charge on any atom is 0.341 e. The van der Waals surface area contributed by atoms with Gasteiger partial charge in [-0.25, -0.2) is 4.79 Å². The summed E-state index contributed by atoms with van der Waals surface area (Å²) in [5, 5.41) is 11.3. The van der Waals surface area contributed by atoms with Crippen LogP contribution in [0.2, 0.25) is 0 Å². The number of hydrogen-bond acceptors (Lipinski definition) is 4. The highest BCUT2D eigenvalue weighted by Gasteiger charge is 2.20. The van der Waals surface area contributed by atoms with E-state index in [9.17, 15) is 9.90 Å². The molecule has 0 saturated heterocycles. The Bertz CT molecular complexity index is 372. The smallest absolute Gasteiger partial charge is 0.341 e. The van der Waals surface area contributed by atoms with Gasteiger partial charge in [0.2, 0.25) is 11.5 Å². The molecule has 0 aliphatic rings. The molecule has 0 bridgehead atoms. The first-order chi connectivity index (χ1) is 7.15. The van der Waals surface area contributed by atoms with Crippen molar-refractivity contribution in [3.8, 4) is 17.2 Å². The van der Waals surface area contributed by atoms with Gasteiger partial charge in [0, 0.05) is 0 Å². The normalized spacial score (nSPS) is 9.53. The average molecular weight is 211 g/mol. The van der Waals surface area contributed by atoms with Crippen molar-refractivity contribution in [3.05, 3.63) is 17.7 Å². The molecule has 1 rings (SSSR count). The van der Waals surface area contributed by atoms with Crippen molar-refractivity contribution in [1.82, 2.24) is 0 Å². The largest absolute Gasteiger partial charge is 0.492 e. The van der Waals surface area contributed by atoms with E-state index in [1.54, 1.807) is 0 Å². The molecule has 15 heavy (non-hydrogen) atoms.